The highest BCUT2D eigenvalue weighted by Gasteiger charge is 2.31. The zero-order chi connectivity index (χ0) is 10.8. The standard InChI is InChI=1S/C12H13BrO2/c13-9-6-4-8(5-7-9)12(15)10-2-1-3-11(10)14/h4-7,10,12,15H,1-3H2/t10-,12-/m1/s1. The van der Waals surface area contributed by atoms with Gasteiger partial charge < -0.3 is 5.11 Å². The minimum absolute atomic E-state index is 0.189. The maximum atomic E-state index is 11.5. The zero-order valence-electron chi connectivity index (χ0n) is 8.32. The van der Waals surface area contributed by atoms with E-state index in [4.69, 9.17) is 0 Å². The number of carbonyl (C=O) groups is 1. The minimum atomic E-state index is -0.631. The van der Waals surface area contributed by atoms with Gasteiger partial charge in [0.05, 0.1) is 6.10 Å². The third-order valence-corrected chi connectivity index (χ3v) is 3.47. The molecule has 0 saturated heterocycles. The second kappa shape index (κ2) is 4.45. The first kappa shape index (κ1) is 10.8. The highest BCUT2D eigenvalue weighted by atomic mass is 79.9. The summed E-state index contributed by atoms with van der Waals surface area (Å²) in [5, 5.41) is 10.0. The van der Waals surface area contributed by atoms with E-state index in [1.54, 1.807) is 0 Å². The fourth-order valence-electron chi connectivity index (χ4n) is 2.07. The molecule has 1 N–H and O–H groups in total. The molecule has 1 aliphatic rings. The molecule has 2 rings (SSSR count). The second-order valence-corrected chi connectivity index (χ2v) is 4.88. The predicted octanol–water partition coefficient (Wildman–Crippen LogP) is 2.85. The molecule has 0 spiro atoms. The molecule has 80 valence electrons. The molecule has 1 fully saturated rings. The summed E-state index contributed by atoms with van der Waals surface area (Å²) < 4.78 is 0.983. The van der Waals surface area contributed by atoms with Gasteiger partial charge in [0.2, 0.25) is 0 Å². The van der Waals surface area contributed by atoms with Gasteiger partial charge in [0.25, 0.3) is 0 Å². The number of benzene rings is 1. The van der Waals surface area contributed by atoms with Crippen molar-refractivity contribution < 1.29 is 9.90 Å². The Morgan fingerprint density at radius 2 is 2.00 bits per heavy atom. The maximum Gasteiger partial charge on any atom is 0.138 e. The lowest BCUT2D eigenvalue weighted by atomic mass is 9.94. The van der Waals surface area contributed by atoms with Crippen molar-refractivity contribution in [2.75, 3.05) is 0 Å². The first-order valence-corrected chi connectivity index (χ1v) is 5.94. The molecule has 0 unspecified atom stereocenters. The van der Waals surface area contributed by atoms with E-state index in [1.807, 2.05) is 24.3 Å². The number of carbonyl (C=O) groups excluding carboxylic acids is 1. The van der Waals surface area contributed by atoms with Crippen LogP contribution in [-0.4, -0.2) is 10.9 Å². The molecule has 0 radical (unpaired) electrons. The molecule has 2 atom stereocenters. The molecule has 0 aliphatic heterocycles. The average molecular weight is 269 g/mol. The molecule has 1 aromatic rings. The van der Waals surface area contributed by atoms with Crippen LogP contribution in [0.4, 0.5) is 0 Å². The molecule has 1 aromatic carbocycles. The third-order valence-electron chi connectivity index (χ3n) is 2.94. The zero-order valence-corrected chi connectivity index (χ0v) is 9.90. The summed E-state index contributed by atoms with van der Waals surface area (Å²) >= 11 is 3.34. The lowest BCUT2D eigenvalue weighted by Gasteiger charge is -2.16. The number of rotatable bonds is 2. The van der Waals surface area contributed by atoms with Crippen LogP contribution < -0.4 is 0 Å². The average Bonchev–Trinajstić information content (AvgIpc) is 2.65. The fourth-order valence-corrected chi connectivity index (χ4v) is 2.33. The van der Waals surface area contributed by atoms with Crippen molar-refractivity contribution in [3.05, 3.63) is 34.3 Å². The molecule has 1 saturated carbocycles. The quantitative estimate of drug-likeness (QED) is 0.896. The first-order chi connectivity index (χ1) is 7.18. The van der Waals surface area contributed by atoms with Crippen LogP contribution in [0.15, 0.2) is 28.7 Å². The van der Waals surface area contributed by atoms with Crippen LogP contribution in [0, 0.1) is 5.92 Å². The summed E-state index contributed by atoms with van der Waals surface area (Å²) in [5.74, 6) is 0.0107. The maximum absolute atomic E-state index is 11.5. The Kier molecular flexibility index (Phi) is 3.22. The smallest absolute Gasteiger partial charge is 0.138 e. The lowest BCUT2D eigenvalue weighted by Crippen LogP contribution is -2.16. The molecular weight excluding hydrogens is 256 g/mol. The van der Waals surface area contributed by atoms with Crippen molar-refractivity contribution in [3.8, 4) is 0 Å². The number of hydrogen-bond acceptors (Lipinski definition) is 2. The van der Waals surface area contributed by atoms with Gasteiger partial charge in [-0.05, 0) is 30.5 Å². The summed E-state index contributed by atoms with van der Waals surface area (Å²) in [4.78, 5) is 11.5. The summed E-state index contributed by atoms with van der Waals surface area (Å²) in [6, 6.07) is 7.50. The molecule has 15 heavy (non-hydrogen) atoms. The predicted molar refractivity (Wildman–Crippen MR) is 61.4 cm³/mol. The normalized spacial score (nSPS) is 23.1. The Labute approximate surface area is 97.4 Å². The molecule has 0 aromatic heterocycles. The Morgan fingerprint density at radius 1 is 1.33 bits per heavy atom. The number of ketones is 1. The van der Waals surface area contributed by atoms with Crippen LogP contribution >= 0.6 is 15.9 Å². The van der Waals surface area contributed by atoms with Crippen LogP contribution in [0.25, 0.3) is 0 Å². The van der Waals surface area contributed by atoms with Gasteiger partial charge in [0, 0.05) is 16.8 Å². The Bertz CT molecular complexity index is 358. The van der Waals surface area contributed by atoms with E-state index in [0.29, 0.717) is 6.42 Å². The Balaban J connectivity index is 2.16. The van der Waals surface area contributed by atoms with E-state index >= 15 is 0 Å². The Morgan fingerprint density at radius 3 is 2.53 bits per heavy atom. The van der Waals surface area contributed by atoms with Gasteiger partial charge in [-0.3, -0.25) is 4.79 Å². The summed E-state index contributed by atoms with van der Waals surface area (Å²) in [7, 11) is 0. The summed E-state index contributed by atoms with van der Waals surface area (Å²) in [5.41, 5.74) is 0.832. The topological polar surface area (TPSA) is 37.3 Å². The van der Waals surface area contributed by atoms with Crippen LogP contribution in [0.3, 0.4) is 0 Å². The van der Waals surface area contributed by atoms with Crippen LogP contribution in [0.5, 0.6) is 0 Å². The van der Waals surface area contributed by atoms with Crippen molar-refractivity contribution in [2.24, 2.45) is 5.92 Å². The number of Topliss-reactive ketones (excluding diaryl/α,β-unsaturated/α-hetero) is 1. The SMILES string of the molecule is O=C1CCC[C@H]1[C@H](O)c1ccc(Br)cc1. The van der Waals surface area contributed by atoms with Crippen molar-refractivity contribution in [3.63, 3.8) is 0 Å². The van der Waals surface area contributed by atoms with E-state index in [2.05, 4.69) is 15.9 Å². The molecule has 1 aliphatic carbocycles. The highest BCUT2D eigenvalue weighted by Crippen LogP contribution is 2.33. The van der Waals surface area contributed by atoms with Crippen molar-refractivity contribution >= 4 is 21.7 Å². The molecule has 0 bridgehead atoms. The van der Waals surface area contributed by atoms with Gasteiger partial charge in [-0.25, -0.2) is 0 Å². The second-order valence-electron chi connectivity index (χ2n) is 3.96. The first-order valence-electron chi connectivity index (χ1n) is 5.15. The van der Waals surface area contributed by atoms with E-state index in [0.717, 1.165) is 22.9 Å². The monoisotopic (exact) mass is 268 g/mol. The van der Waals surface area contributed by atoms with E-state index in [1.165, 1.54) is 0 Å². The summed E-state index contributed by atoms with van der Waals surface area (Å²) in [6.07, 6.45) is 1.72. The summed E-state index contributed by atoms with van der Waals surface area (Å²) in [6.45, 7) is 0. The molecule has 0 heterocycles. The number of hydrogen-bond donors (Lipinski definition) is 1. The lowest BCUT2D eigenvalue weighted by molar-refractivity contribution is -0.123. The largest absolute Gasteiger partial charge is 0.388 e. The molecule has 2 nitrogen and oxygen atoms in total. The van der Waals surface area contributed by atoms with Gasteiger partial charge in [0.15, 0.2) is 0 Å². The van der Waals surface area contributed by atoms with Gasteiger partial charge in [0.1, 0.15) is 5.78 Å². The van der Waals surface area contributed by atoms with E-state index in [-0.39, 0.29) is 11.7 Å². The minimum Gasteiger partial charge on any atom is -0.388 e. The van der Waals surface area contributed by atoms with Crippen LogP contribution in [0.2, 0.25) is 0 Å². The molecule has 0 amide bonds. The molecule has 3 heteroatoms. The van der Waals surface area contributed by atoms with E-state index < -0.39 is 6.10 Å². The van der Waals surface area contributed by atoms with Crippen molar-refractivity contribution in [1.29, 1.82) is 0 Å². The number of halogens is 1. The van der Waals surface area contributed by atoms with Crippen LogP contribution in [0.1, 0.15) is 30.9 Å². The number of aliphatic hydroxyl groups is 1. The third kappa shape index (κ3) is 2.29. The van der Waals surface area contributed by atoms with Crippen LogP contribution in [-0.2, 0) is 4.79 Å². The van der Waals surface area contributed by atoms with E-state index in [9.17, 15) is 9.90 Å². The Hall–Kier alpha value is -0.670. The highest BCUT2D eigenvalue weighted by molar-refractivity contribution is 9.10. The molecular formula is C12H13BrO2. The fraction of sp³-hybridized carbons (Fsp3) is 0.417. The van der Waals surface area contributed by atoms with Crippen molar-refractivity contribution in [1.82, 2.24) is 0 Å². The van der Waals surface area contributed by atoms with Crippen molar-refractivity contribution in [2.45, 2.75) is 25.4 Å². The number of aliphatic hydroxyl groups excluding tert-OH is 1. The van der Waals surface area contributed by atoms with Gasteiger partial charge >= 0.3 is 0 Å². The van der Waals surface area contributed by atoms with Gasteiger partial charge in [-0.1, -0.05) is 28.1 Å². The van der Waals surface area contributed by atoms with Gasteiger partial charge in [-0.2, -0.15) is 0 Å². The van der Waals surface area contributed by atoms with Gasteiger partial charge in [-0.15, -0.1) is 0 Å².